The quantitative estimate of drug-likeness (QED) is 0.629. The molecule has 100 valence electrons. The van der Waals surface area contributed by atoms with E-state index >= 15 is 0 Å². The van der Waals surface area contributed by atoms with Gasteiger partial charge in [0.2, 0.25) is 0 Å². The van der Waals surface area contributed by atoms with Crippen LogP contribution in [0.4, 0.5) is 0 Å². The summed E-state index contributed by atoms with van der Waals surface area (Å²) in [7, 11) is 0. The number of ether oxygens (including phenoxy) is 2. The lowest BCUT2D eigenvalue weighted by molar-refractivity contribution is -0.0795. The highest BCUT2D eigenvalue weighted by Gasteiger charge is 2.24. The van der Waals surface area contributed by atoms with Crippen LogP contribution in [0.1, 0.15) is 70.6 Å². The minimum atomic E-state index is 0.483. The zero-order valence-electron chi connectivity index (χ0n) is 11.2. The first kappa shape index (κ1) is 13.4. The van der Waals surface area contributed by atoms with E-state index in [0.29, 0.717) is 12.9 Å². The minimum absolute atomic E-state index is 0.483. The molecule has 0 aromatic carbocycles. The van der Waals surface area contributed by atoms with Crippen LogP contribution in [0.25, 0.3) is 0 Å². The molecule has 2 heteroatoms. The topological polar surface area (TPSA) is 18.5 Å². The predicted octanol–water partition coefficient (Wildman–Crippen LogP) is 4.28. The molecule has 1 saturated carbocycles. The van der Waals surface area contributed by atoms with Gasteiger partial charge in [-0.05, 0) is 25.2 Å². The van der Waals surface area contributed by atoms with Crippen molar-refractivity contribution >= 4 is 0 Å². The fourth-order valence-corrected chi connectivity index (χ4v) is 3.21. The van der Waals surface area contributed by atoms with Gasteiger partial charge in [-0.15, -0.1) is 0 Å². The van der Waals surface area contributed by atoms with E-state index in [0.717, 1.165) is 12.5 Å². The van der Waals surface area contributed by atoms with E-state index in [1.54, 1.807) is 0 Å². The third-order valence-electron chi connectivity index (χ3n) is 4.34. The Balaban J connectivity index is 1.83. The Morgan fingerprint density at radius 2 is 1.29 bits per heavy atom. The summed E-state index contributed by atoms with van der Waals surface area (Å²) < 4.78 is 11.3. The van der Waals surface area contributed by atoms with E-state index in [1.807, 2.05) is 0 Å². The van der Waals surface area contributed by atoms with Crippen LogP contribution in [-0.2, 0) is 9.47 Å². The molecule has 2 atom stereocenters. The normalized spacial score (nSPS) is 33.9. The van der Waals surface area contributed by atoms with Crippen LogP contribution in [0.3, 0.4) is 0 Å². The Kier molecular flexibility index (Phi) is 6.36. The second kappa shape index (κ2) is 8.10. The van der Waals surface area contributed by atoms with Crippen molar-refractivity contribution in [2.45, 2.75) is 76.7 Å². The molecule has 0 N–H and O–H groups in total. The molecular formula is C15H28O2. The van der Waals surface area contributed by atoms with Crippen LogP contribution in [0, 0.1) is 5.92 Å². The van der Waals surface area contributed by atoms with Gasteiger partial charge in [-0.2, -0.15) is 0 Å². The Hall–Kier alpha value is -0.0800. The molecule has 0 radical (unpaired) electrons. The highest BCUT2D eigenvalue weighted by molar-refractivity contribution is 4.73. The molecular weight excluding hydrogens is 212 g/mol. The molecule has 1 aliphatic carbocycles. The smallest absolute Gasteiger partial charge is 0.147 e. The van der Waals surface area contributed by atoms with Crippen molar-refractivity contribution in [1.82, 2.24) is 0 Å². The third kappa shape index (κ3) is 4.97. The highest BCUT2D eigenvalue weighted by Crippen LogP contribution is 2.27. The summed E-state index contributed by atoms with van der Waals surface area (Å²) >= 11 is 0. The average molecular weight is 240 g/mol. The predicted molar refractivity (Wildman–Crippen MR) is 70.0 cm³/mol. The van der Waals surface area contributed by atoms with Crippen LogP contribution in [0.5, 0.6) is 0 Å². The maximum Gasteiger partial charge on any atom is 0.147 e. The molecule has 0 amide bonds. The summed E-state index contributed by atoms with van der Waals surface area (Å²) in [6, 6.07) is 0. The second-order valence-electron chi connectivity index (χ2n) is 5.69. The summed E-state index contributed by atoms with van der Waals surface area (Å²) in [6.07, 6.45) is 15.6. The van der Waals surface area contributed by atoms with Gasteiger partial charge in [-0.25, -0.2) is 0 Å². The summed E-state index contributed by atoms with van der Waals surface area (Å²) in [4.78, 5) is 0. The number of rotatable bonds is 0. The lowest BCUT2D eigenvalue weighted by Crippen LogP contribution is -2.23. The Morgan fingerprint density at radius 1 is 0.647 bits per heavy atom. The number of hydrogen-bond acceptors (Lipinski definition) is 2. The SMILES string of the molecule is C1CCCCCC2OCOCCC2CCCC1. The Bertz CT molecular complexity index is 173. The molecule has 1 aliphatic heterocycles. The lowest BCUT2D eigenvalue weighted by Gasteiger charge is -2.24. The zero-order valence-corrected chi connectivity index (χ0v) is 11.2. The van der Waals surface area contributed by atoms with Crippen molar-refractivity contribution in [2.75, 3.05) is 13.4 Å². The van der Waals surface area contributed by atoms with Crippen LogP contribution < -0.4 is 0 Å². The first-order chi connectivity index (χ1) is 8.47. The van der Waals surface area contributed by atoms with Crippen LogP contribution >= 0.6 is 0 Å². The first-order valence-corrected chi connectivity index (χ1v) is 7.66. The molecule has 2 rings (SSSR count). The summed E-state index contributed by atoms with van der Waals surface area (Å²) in [5.74, 6) is 0.761. The van der Waals surface area contributed by atoms with Crippen molar-refractivity contribution < 1.29 is 9.47 Å². The number of hydrogen-bond donors (Lipinski definition) is 0. The van der Waals surface area contributed by atoms with E-state index in [1.165, 1.54) is 70.6 Å². The standard InChI is InChI=1S/C15H28O2/c1-2-4-6-8-10-15-14(9-7-5-3-1)11-12-16-13-17-15/h14-15H,1-13H2. The van der Waals surface area contributed by atoms with E-state index < -0.39 is 0 Å². The molecule has 2 unspecified atom stereocenters. The van der Waals surface area contributed by atoms with Crippen LogP contribution in [0.2, 0.25) is 0 Å². The molecule has 0 aromatic heterocycles. The maximum atomic E-state index is 5.89. The van der Waals surface area contributed by atoms with Gasteiger partial charge < -0.3 is 9.47 Å². The van der Waals surface area contributed by atoms with Gasteiger partial charge in [0.05, 0.1) is 6.10 Å². The second-order valence-corrected chi connectivity index (χ2v) is 5.69. The molecule has 1 heterocycles. The fourth-order valence-electron chi connectivity index (χ4n) is 3.21. The van der Waals surface area contributed by atoms with Gasteiger partial charge in [0.15, 0.2) is 0 Å². The lowest BCUT2D eigenvalue weighted by atomic mass is 9.88. The molecule has 1 saturated heterocycles. The van der Waals surface area contributed by atoms with Crippen LogP contribution in [0.15, 0.2) is 0 Å². The molecule has 2 aliphatic rings. The van der Waals surface area contributed by atoms with Gasteiger partial charge >= 0.3 is 0 Å². The zero-order chi connectivity index (χ0) is 11.8. The van der Waals surface area contributed by atoms with Crippen molar-refractivity contribution in [3.05, 3.63) is 0 Å². The summed E-state index contributed by atoms with van der Waals surface area (Å²) in [6.45, 7) is 1.43. The van der Waals surface area contributed by atoms with Crippen molar-refractivity contribution in [1.29, 1.82) is 0 Å². The minimum Gasteiger partial charge on any atom is -0.355 e. The molecule has 0 spiro atoms. The molecule has 0 aromatic rings. The van der Waals surface area contributed by atoms with E-state index in [9.17, 15) is 0 Å². The van der Waals surface area contributed by atoms with E-state index in [-0.39, 0.29) is 0 Å². The molecule has 17 heavy (non-hydrogen) atoms. The van der Waals surface area contributed by atoms with Crippen molar-refractivity contribution in [3.63, 3.8) is 0 Å². The van der Waals surface area contributed by atoms with Gasteiger partial charge in [0, 0.05) is 6.61 Å². The van der Waals surface area contributed by atoms with Gasteiger partial charge in [0.1, 0.15) is 6.79 Å². The van der Waals surface area contributed by atoms with Crippen molar-refractivity contribution in [2.24, 2.45) is 5.92 Å². The van der Waals surface area contributed by atoms with Crippen molar-refractivity contribution in [3.8, 4) is 0 Å². The Morgan fingerprint density at radius 3 is 2.06 bits per heavy atom. The molecule has 0 bridgehead atoms. The molecule has 2 fully saturated rings. The van der Waals surface area contributed by atoms with E-state index in [2.05, 4.69) is 0 Å². The maximum absolute atomic E-state index is 5.89. The summed E-state index contributed by atoms with van der Waals surface area (Å²) in [5, 5.41) is 0. The number of fused-ring (bicyclic) bond motifs is 1. The average Bonchev–Trinajstić information content (AvgIpc) is 2.55. The first-order valence-electron chi connectivity index (χ1n) is 7.66. The van der Waals surface area contributed by atoms with E-state index in [4.69, 9.17) is 9.47 Å². The largest absolute Gasteiger partial charge is 0.355 e. The summed E-state index contributed by atoms with van der Waals surface area (Å²) in [5.41, 5.74) is 0. The third-order valence-corrected chi connectivity index (χ3v) is 4.34. The van der Waals surface area contributed by atoms with Gasteiger partial charge in [0.25, 0.3) is 0 Å². The van der Waals surface area contributed by atoms with Crippen LogP contribution in [-0.4, -0.2) is 19.5 Å². The van der Waals surface area contributed by atoms with Gasteiger partial charge in [-0.1, -0.05) is 51.4 Å². The fraction of sp³-hybridized carbons (Fsp3) is 1.00. The monoisotopic (exact) mass is 240 g/mol. The highest BCUT2D eigenvalue weighted by atomic mass is 16.7. The Labute approximate surface area is 106 Å². The van der Waals surface area contributed by atoms with Gasteiger partial charge in [-0.3, -0.25) is 0 Å². The molecule has 2 nitrogen and oxygen atoms in total.